The maximum atomic E-state index is 5.53. The second-order valence-corrected chi connectivity index (χ2v) is 6.53. The number of fused-ring (bicyclic) bond motifs is 1. The van der Waals surface area contributed by atoms with E-state index in [1.165, 1.54) is 12.8 Å². The summed E-state index contributed by atoms with van der Waals surface area (Å²) < 4.78 is 13.1. The lowest BCUT2D eigenvalue weighted by atomic mass is 10.2. The minimum absolute atomic E-state index is 0.522. The lowest BCUT2D eigenvalue weighted by Crippen LogP contribution is -2.04. The smallest absolute Gasteiger partial charge is 0.246 e. The third-order valence-electron chi connectivity index (χ3n) is 4.74. The van der Waals surface area contributed by atoms with Crippen LogP contribution in [0.5, 0.6) is 5.75 Å². The van der Waals surface area contributed by atoms with Crippen LogP contribution in [-0.4, -0.2) is 26.8 Å². The van der Waals surface area contributed by atoms with Gasteiger partial charge >= 0.3 is 0 Å². The van der Waals surface area contributed by atoms with Crippen LogP contribution in [0.2, 0.25) is 0 Å². The first kappa shape index (κ1) is 15.1. The predicted molar refractivity (Wildman–Crippen MR) is 97.1 cm³/mol. The zero-order valence-corrected chi connectivity index (χ0v) is 14.4. The minimum Gasteiger partial charge on any atom is -0.496 e. The van der Waals surface area contributed by atoms with Crippen molar-refractivity contribution in [2.75, 3.05) is 7.11 Å². The summed E-state index contributed by atoms with van der Waals surface area (Å²) in [5.74, 6) is 3.49. The number of para-hydroxylation sites is 3. The molecule has 130 valence electrons. The molecule has 1 aliphatic carbocycles. The van der Waals surface area contributed by atoms with Gasteiger partial charge in [0.25, 0.3) is 0 Å². The van der Waals surface area contributed by atoms with Gasteiger partial charge in [-0.3, -0.25) is 0 Å². The van der Waals surface area contributed by atoms with Gasteiger partial charge in [0.05, 0.1) is 23.7 Å². The van der Waals surface area contributed by atoms with Crippen LogP contribution in [0.1, 0.15) is 30.5 Å². The summed E-state index contributed by atoms with van der Waals surface area (Å²) in [4.78, 5) is 9.40. The van der Waals surface area contributed by atoms with Crippen LogP contribution in [0.15, 0.2) is 53.1 Å². The quantitative estimate of drug-likeness (QED) is 0.546. The Bertz CT molecular complexity index is 1080. The van der Waals surface area contributed by atoms with E-state index in [9.17, 15) is 0 Å². The van der Waals surface area contributed by atoms with E-state index in [-0.39, 0.29) is 0 Å². The average molecular weight is 346 g/mol. The summed E-state index contributed by atoms with van der Waals surface area (Å²) in [5, 5.41) is 4.15. The molecule has 1 saturated carbocycles. The van der Waals surface area contributed by atoms with Gasteiger partial charge in [-0.05, 0) is 37.1 Å². The van der Waals surface area contributed by atoms with Crippen molar-refractivity contribution in [3.8, 4) is 17.1 Å². The molecule has 0 aliphatic heterocycles. The number of aromatic nitrogens is 4. The molecule has 0 saturated heterocycles. The highest BCUT2D eigenvalue weighted by Crippen LogP contribution is 2.41. The Balaban J connectivity index is 1.52. The van der Waals surface area contributed by atoms with Gasteiger partial charge in [0.15, 0.2) is 0 Å². The van der Waals surface area contributed by atoms with Gasteiger partial charge in [0, 0.05) is 5.92 Å². The molecule has 0 bridgehead atoms. The van der Waals surface area contributed by atoms with Gasteiger partial charge in [-0.2, -0.15) is 4.98 Å². The highest BCUT2D eigenvalue weighted by atomic mass is 16.5. The molecular weight excluding hydrogens is 328 g/mol. The first-order valence-corrected chi connectivity index (χ1v) is 8.74. The molecule has 6 heteroatoms. The van der Waals surface area contributed by atoms with Crippen molar-refractivity contribution >= 4 is 11.0 Å². The van der Waals surface area contributed by atoms with Crippen molar-refractivity contribution in [3.05, 3.63) is 60.2 Å². The number of rotatable bonds is 5. The summed E-state index contributed by atoms with van der Waals surface area (Å²) >= 11 is 0. The van der Waals surface area contributed by atoms with Crippen molar-refractivity contribution in [1.29, 1.82) is 0 Å². The van der Waals surface area contributed by atoms with Crippen molar-refractivity contribution in [1.82, 2.24) is 19.7 Å². The van der Waals surface area contributed by atoms with Crippen LogP contribution in [0.4, 0.5) is 0 Å². The number of nitrogens with zero attached hydrogens (tertiary/aromatic N) is 4. The van der Waals surface area contributed by atoms with Crippen molar-refractivity contribution < 1.29 is 9.26 Å². The van der Waals surface area contributed by atoms with Crippen LogP contribution < -0.4 is 4.74 Å². The molecular formula is C20H18N4O2. The van der Waals surface area contributed by atoms with Crippen LogP contribution in [0.3, 0.4) is 0 Å². The Hall–Kier alpha value is -3.15. The molecule has 0 N–H and O–H groups in total. The van der Waals surface area contributed by atoms with Gasteiger partial charge in [0.2, 0.25) is 11.7 Å². The third kappa shape index (κ3) is 2.54. The molecule has 2 aromatic carbocycles. The number of hydrogen-bond acceptors (Lipinski definition) is 5. The summed E-state index contributed by atoms with van der Waals surface area (Å²) in [6.45, 7) is 0.522. The minimum atomic E-state index is 0.522. The maximum absolute atomic E-state index is 5.53. The number of methoxy groups -OCH3 is 1. The summed E-state index contributed by atoms with van der Waals surface area (Å²) in [6.07, 6.45) is 2.39. The Labute approximate surface area is 150 Å². The Morgan fingerprint density at radius 1 is 1.08 bits per heavy atom. The van der Waals surface area contributed by atoms with E-state index in [0.717, 1.165) is 28.2 Å². The number of imidazole rings is 1. The highest BCUT2D eigenvalue weighted by molar-refractivity contribution is 5.76. The van der Waals surface area contributed by atoms with Gasteiger partial charge in [-0.1, -0.05) is 29.4 Å². The lowest BCUT2D eigenvalue weighted by molar-refractivity contribution is 0.370. The first-order chi connectivity index (χ1) is 12.8. The second kappa shape index (κ2) is 5.98. The predicted octanol–water partition coefficient (Wildman–Crippen LogP) is 4.02. The topological polar surface area (TPSA) is 66.0 Å². The molecule has 26 heavy (non-hydrogen) atoms. The summed E-state index contributed by atoms with van der Waals surface area (Å²) in [5.41, 5.74) is 2.94. The monoisotopic (exact) mass is 346 g/mol. The first-order valence-electron chi connectivity index (χ1n) is 8.74. The zero-order chi connectivity index (χ0) is 17.5. The van der Waals surface area contributed by atoms with Crippen molar-refractivity contribution in [3.63, 3.8) is 0 Å². The molecule has 4 aromatic rings. The molecule has 2 aromatic heterocycles. The summed E-state index contributed by atoms with van der Waals surface area (Å²) in [6, 6.07) is 15.9. The average Bonchev–Trinajstić information content (AvgIpc) is 3.32. The van der Waals surface area contributed by atoms with Gasteiger partial charge in [-0.15, -0.1) is 0 Å². The van der Waals surface area contributed by atoms with Gasteiger partial charge < -0.3 is 13.8 Å². The molecule has 6 nitrogen and oxygen atoms in total. The lowest BCUT2D eigenvalue weighted by Gasteiger charge is -2.05. The largest absolute Gasteiger partial charge is 0.496 e. The van der Waals surface area contributed by atoms with E-state index in [4.69, 9.17) is 14.2 Å². The Kier molecular flexibility index (Phi) is 3.48. The van der Waals surface area contributed by atoms with Crippen LogP contribution >= 0.6 is 0 Å². The van der Waals surface area contributed by atoms with E-state index in [1.54, 1.807) is 7.11 Å². The maximum Gasteiger partial charge on any atom is 0.246 e. The van der Waals surface area contributed by atoms with Gasteiger partial charge in [0.1, 0.15) is 18.1 Å². The fraction of sp³-hybridized carbons (Fsp3) is 0.250. The second-order valence-electron chi connectivity index (χ2n) is 6.53. The van der Waals surface area contributed by atoms with Crippen LogP contribution in [0, 0.1) is 0 Å². The molecule has 0 spiro atoms. The van der Waals surface area contributed by atoms with E-state index in [0.29, 0.717) is 24.2 Å². The molecule has 1 fully saturated rings. The van der Waals surface area contributed by atoms with E-state index >= 15 is 0 Å². The highest BCUT2D eigenvalue weighted by Gasteiger charge is 2.30. The third-order valence-corrected chi connectivity index (χ3v) is 4.74. The van der Waals surface area contributed by atoms with Crippen molar-refractivity contribution in [2.24, 2.45) is 0 Å². The molecule has 1 aliphatic rings. The molecule has 5 rings (SSSR count). The van der Waals surface area contributed by atoms with E-state index in [2.05, 4.69) is 20.8 Å². The summed E-state index contributed by atoms with van der Waals surface area (Å²) in [7, 11) is 1.64. The van der Waals surface area contributed by atoms with Crippen LogP contribution in [0.25, 0.3) is 22.4 Å². The standard InChI is InChI=1S/C20H18N4O2/c1-25-17-9-5-2-6-14(17)19-22-18(26-23-19)12-24-16-8-4-3-7-15(16)21-20(24)13-10-11-13/h2-9,13H,10-12H2,1H3. The number of benzene rings is 2. The molecule has 0 radical (unpaired) electrons. The number of hydrogen-bond donors (Lipinski definition) is 0. The Morgan fingerprint density at radius 3 is 2.73 bits per heavy atom. The van der Waals surface area contributed by atoms with Crippen molar-refractivity contribution in [2.45, 2.75) is 25.3 Å². The van der Waals surface area contributed by atoms with Crippen LogP contribution in [-0.2, 0) is 6.54 Å². The van der Waals surface area contributed by atoms with Gasteiger partial charge in [-0.25, -0.2) is 4.98 Å². The number of ether oxygens (including phenoxy) is 1. The Morgan fingerprint density at radius 2 is 1.88 bits per heavy atom. The normalized spacial score (nSPS) is 14.0. The molecule has 2 heterocycles. The fourth-order valence-electron chi connectivity index (χ4n) is 3.31. The fourth-order valence-corrected chi connectivity index (χ4v) is 3.31. The molecule has 0 amide bonds. The SMILES string of the molecule is COc1ccccc1-c1noc(Cn2c(C3CC3)nc3ccccc32)n1. The molecule has 0 unspecified atom stereocenters. The molecule has 0 atom stereocenters. The van der Waals surface area contributed by atoms with E-state index in [1.807, 2.05) is 42.5 Å². The van der Waals surface area contributed by atoms with E-state index < -0.39 is 0 Å². The zero-order valence-electron chi connectivity index (χ0n) is 14.4.